The van der Waals surface area contributed by atoms with Gasteiger partial charge in [-0.25, -0.2) is 0 Å². The lowest BCUT2D eigenvalue weighted by Gasteiger charge is -2.13. The quantitative estimate of drug-likeness (QED) is 0.772. The van der Waals surface area contributed by atoms with Gasteiger partial charge in [-0.05, 0) is 37.1 Å². The van der Waals surface area contributed by atoms with Gasteiger partial charge in [0.1, 0.15) is 18.5 Å². The van der Waals surface area contributed by atoms with Crippen molar-refractivity contribution in [1.82, 2.24) is 15.1 Å². The number of nitrogens with zero attached hydrogens (tertiary/aromatic N) is 2. The third-order valence-corrected chi connectivity index (χ3v) is 3.30. The number of carbonyl (C=O) groups is 1. The molecule has 6 heteroatoms. The molecule has 1 amide bonds. The molecule has 1 atom stereocenters. The molecule has 1 aromatic heterocycles. The Balaban J connectivity index is 1.63. The minimum absolute atomic E-state index is 0.118. The van der Waals surface area contributed by atoms with Gasteiger partial charge in [-0.2, -0.15) is 5.10 Å². The first-order valence-corrected chi connectivity index (χ1v) is 7.66. The van der Waals surface area contributed by atoms with E-state index in [4.69, 9.17) is 4.74 Å². The lowest BCUT2D eigenvalue weighted by Crippen LogP contribution is -2.35. The maximum atomic E-state index is 11.7. The van der Waals surface area contributed by atoms with Crippen LogP contribution in [0.5, 0.6) is 5.75 Å². The number of hydrogen-bond donors (Lipinski definition) is 2. The molecule has 2 N–H and O–H groups in total. The average molecular weight is 317 g/mol. The van der Waals surface area contributed by atoms with Gasteiger partial charge in [0, 0.05) is 25.7 Å². The predicted molar refractivity (Wildman–Crippen MR) is 87.3 cm³/mol. The van der Waals surface area contributed by atoms with Gasteiger partial charge in [0.15, 0.2) is 0 Å². The van der Waals surface area contributed by atoms with Crippen molar-refractivity contribution < 1.29 is 14.6 Å². The third kappa shape index (κ3) is 6.12. The summed E-state index contributed by atoms with van der Waals surface area (Å²) < 4.78 is 7.23. The summed E-state index contributed by atoms with van der Waals surface area (Å²) in [7, 11) is 0. The first kappa shape index (κ1) is 17.0. The normalized spacial score (nSPS) is 12.0. The molecule has 124 valence electrons. The Kier molecular flexibility index (Phi) is 6.17. The molecule has 0 aliphatic carbocycles. The number of nitrogens with one attached hydrogen (secondary N) is 1. The fraction of sp³-hybridized carbons (Fsp3) is 0.412. The van der Waals surface area contributed by atoms with E-state index in [0.29, 0.717) is 18.7 Å². The van der Waals surface area contributed by atoms with E-state index in [2.05, 4.69) is 10.4 Å². The third-order valence-electron chi connectivity index (χ3n) is 3.30. The van der Waals surface area contributed by atoms with E-state index >= 15 is 0 Å². The number of rotatable bonds is 8. The van der Waals surface area contributed by atoms with E-state index in [9.17, 15) is 9.90 Å². The molecule has 1 heterocycles. The molecule has 0 aliphatic heterocycles. The van der Waals surface area contributed by atoms with E-state index in [0.717, 1.165) is 11.1 Å². The molecule has 0 aliphatic rings. The van der Waals surface area contributed by atoms with Gasteiger partial charge >= 0.3 is 0 Å². The fourth-order valence-corrected chi connectivity index (χ4v) is 2.08. The molecule has 0 bridgehead atoms. The summed E-state index contributed by atoms with van der Waals surface area (Å²) in [5.41, 5.74) is 2.16. The number of ether oxygens (including phenoxy) is 1. The van der Waals surface area contributed by atoms with Crippen LogP contribution in [0.2, 0.25) is 0 Å². The smallest absolute Gasteiger partial charge is 0.221 e. The van der Waals surface area contributed by atoms with Crippen LogP contribution in [0.1, 0.15) is 17.5 Å². The van der Waals surface area contributed by atoms with Gasteiger partial charge in [0.2, 0.25) is 5.91 Å². The lowest BCUT2D eigenvalue weighted by molar-refractivity contribution is -0.121. The Morgan fingerprint density at radius 2 is 2.22 bits per heavy atom. The van der Waals surface area contributed by atoms with Crippen LogP contribution < -0.4 is 10.1 Å². The van der Waals surface area contributed by atoms with Gasteiger partial charge < -0.3 is 15.2 Å². The predicted octanol–water partition coefficient (Wildman–Crippen LogP) is 1.45. The molecule has 0 radical (unpaired) electrons. The summed E-state index contributed by atoms with van der Waals surface area (Å²) in [5.74, 6) is 0.595. The molecule has 2 rings (SSSR count). The maximum absolute atomic E-state index is 11.7. The van der Waals surface area contributed by atoms with Crippen LogP contribution in [0.4, 0.5) is 0 Å². The van der Waals surface area contributed by atoms with E-state index in [1.165, 1.54) is 0 Å². The second-order valence-corrected chi connectivity index (χ2v) is 5.62. The minimum atomic E-state index is -0.744. The topological polar surface area (TPSA) is 76.4 Å². The highest BCUT2D eigenvalue weighted by molar-refractivity contribution is 5.75. The molecule has 0 saturated heterocycles. The number of amides is 1. The molecule has 1 unspecified atom stereocenters. The van der Waals surface area contributed by atoms with Crippen molar-refractivity contribution in [3.8, 4) is 5.75 Å². The summed E-state index contributed by atoms with van der Waals surface area (Å²) in [5, 5.41) is 16.7. The average Bonchev–Trinajstić information content (AvgIpc) is 2.94. The van der Waals surface area contributed by atoms with E-state index in [1.54, 1.807) is 10.9 Å². The van der Waals surface area contributed by atoms with Crippen molar-refractivity contribution >= 4 is 5.91 Å². The Morgan fingerprint density at radius 3 is 2.91 bits per heavy atom. The second-order valence-electron chi connectivity index (χ2n) is 5.62. The van der Waals surface area contributed by atoms with Gasteiger partial charge in [0.05, 0.1) is 6.20 Å². The zero-order chi connectivity index (χ0) is 16.7. The molecule has 0 saturated carbocycles. The fourth-order valence-electron chi connectivity index (χ4n) is 2.08. The number of aromatic nitrogens is 2. The highest BCUT2D eigenvalue weighted by Crippen LogP contribution is 2.12. The highest BCUT2D eigenvalue weighted by Gasteiger charge is 2.08. The number of benzene rings is 1. The molecule has 2 aromatic rings. The summed E-state index contributed by atoms with van der Waals surface area (Å²) in [6.07, 6.45) is 3.22. The standard InChI is InChI=1S/C17H23N3O3/c1-13-4-3-5-16(8-13)23-12-15(21)10-18-17(22)6-7-20-11-14(2)9-19-20/h3-5,8-9,11,15,21H,6-7,10,12H2,1-2H3,(H,18,22). The zero-order valence-corrected chi connectivity index (χ0v) is 13.5. The molecular formula is C17H23N3O3. The summed E-state index contributed by atoms with van der Waals surface area (Å²) in [6, 6.07) is 7.61. The number of hydrogen-bond acceptors (Lipinski definition) is 4. The van der Waals surface area contributed by atoms with Crippen molar-refractivity contribution in [3.05, 3.63) is 47.8 Å². The Bertz CT molecular complexity index is 640. The van der Waals surface area contributed by atoms with Gasteiger partial charge in [-0.15, -0.1) is 0 Å². The van der Waals surface area contributed by atoms with Crippen molar-refractivity contribution in [3.63, 3.8) is 0 Å². The van der Waals surface area contributed by atoms with Crippen LogP contribution in [-0.4, -0.2) is 40.0 Å². The number of aliphatic hydroxyl groups excluding tert-OH is 1. The second kappa shape index (κ2) is 8.33. The Hall–Kier alpha value is -2.34. The summed E-state index contributed by atoms with van der Waals surface area (Å²) in [6.45, 7) is 4.76. The van der Waals surface area contributed by atoms with Crippen molar-refractivity contribution in [2.45, 2.75) is 32.9 Å². The van der Waals surface area contributed by atoms with Crippen LogP contribution in [0.15, 0.2) is 36.7 Å². The van der Waals surface area contributed by atoms with E-state index < -0.39 is 6.10 Å². The van der Waals surface area contributed by atoms with E-state index in [1.807, 2.05) is 44.3 Å². The van der Waals surface area contributed by atoms with Crippen molar-refractivity contribution in [2.75, 3.05) is 13.2 Å². The monoisotopic (exact) mass is 317 g/mol. The van der Waals surface area contributed by atoms with Gasteiger partial charge in [-0.3, -0.25) is 9.48 Å². The summed E-state index contributed by atoms with van der Waals surface area (Å²) >= 11 is 0. The number of aryl methyl sites for hydroxylation is 3. The molecule has 1 aromatic carbocycles. The molecular weight excluding hydrogens is 294 g/mol. The van der Waals surface area contributed by atoms with Crippen molar-refractivity contribution in [1.29, 1.82) is 0 Å². The molecule has 0 fully saturated rings. The minimum Gasteiger partial charge on any atom is -0.491 e. The first-order chi connectivity index (χ1) is 11.0. The SMILES string of the molecule is Cc1cccc(OCC(O)CNC(=O)CCn2cc(C)cn2)c1. The first-order valence-electron chi connectivity index (χ1n) is 7.66. The van der Waals surface area contributed by atoms with Crippen LogP contribution in [0.3, 0.4) is 0 Å². The lowest BCUT2D eigenvalue weighted by atomic mass is 10.2. The molecule has 6 nitrogen and oxygen atoms in total. The Morgan fingerprint density at radius 1 is 1.39 bits per heavy atom. The number of carbonyl (C=O) groups excluding carboxylic acids is 1. The van der Waals surface area contributed by atoms with E-state index in [-0.39, 0.29) is 19.1 Å². The van der Waals surface area contributed by atoms with Gasteiger partial charge in [-0.1, -0.05) is 12.1 Å². The molecule has 0 spiro atoms. The van der Waals surface area contributed by atoms with Crippen LogP contribution in [0, 0.1) is 13.8 Å². The van der Waals surface area contributed by atoms with Gasteiger partial charge in [0.25, 0.3) is 0 Å². The zero-order valence-electron chi connectivity index (χ0n) is 13.5. The van der Waals surface area contributed by atoms with Crippen LogP contribution in [0.25, 0.3) is 0 Å². The largest absolute Gasteiger partial charge is 0.491 e. The van der Waals surface area contributed by atoms with Crippen LogP contribution in [-0.2, 0) is 11.3 Å². The summed E-state index contributed by atoms with van der Waals surface area (Å²) in [4.78, 5) is 11.7. The Labute approximate surface area is 136 Å². The van der Waals surface area contributed by atoms with Crippen LogP contribution >= 0.6 is 0 Å². The number of aliphatic hydroxyl groups is 1. The highest BCUT2D eigenvalue weighted by atomic mass is 16.5. The maximum Gasteiger partial charge on any atom is 0.221 e. The molecule has 23 heavy (non-hydrogen) atoms. The van der Waals surface area contributed by atoms with Crippen molar-refractivity contribution in [2.24, 2.45) is 0 Å².